The molecule has 0 aliphatic carbocycles. The maximum atomic E-state index is 12.2. The fourth-order valence-electron chi connectivity index (χ4n) is 5.92. The molecule has 0 aromatic heterocycles. The molecule has 9 heteroatoms. The summed E-state index contributed by atoms with van der Waals surface area (Å²) in [7, 11) is 0. The van der Waals surface area contributed by atoms with E-state index in [0.717, 1.165) is 135 Å². The lowest BCUT2D eigenvalue weighted by Crippen LogP contribution is -2.28. The van der Waals surface area contributed by atoms with Crippen molar-refractivity contribution in [1.29, 1.82) is 0 Å². The zero-order chi connectivity index (χ0) is 37.6. The van der Waals surface area contributed by atoms with Crippen molar-refractivity contribution in [3.63, 3.8) is 0 Å². The highest BCUT2D eigenvalue weighted by Crippen LogP contribution is 2.14. The van der Waals surface area contributed by atoms with Crippen LogP contribution in [0.2, 0.25) is 0 Å². The van der Waals surface area contributed by atoms with Crippen LogP contribution in [0.1, 0.15) is 187 Å². The van der Waals surface area contributed by atoms with E-state index in [-0.39, 0.29) is 50.4 Å². The highest BCUT2D eigenvalue weighted by atomic mass is 16.6. The summed E-state index contributed by atoms with van der Waals surface area (Å²) in [5.41, 5.74) is 0. The number of rotatable bonds is 38. The van der Waals surface area contributed by atoms with Crippen LogP contribution in [-0.2, 0) is 19.1 Å². The molecule has 51 heavy (non-hydrogen) atoms. The molecule has 0 bridgehead atoms. The van der Waals surface area contributed by atoms with Crippen LogP contribution in [0.5, 0.6) is 0 Å². The summed E-state index contributed by atoms with van der Waals surface area (Å²) in [4.78, 5) is 24.3. The normalized spacial score (nSPS) is 14.2. The first-order chi connectivity index (χ1) is 24.8. The third-order valence-corrected chi connectivity index (χ3v) is 9.26. The van der Waals surface area contributed by atoms with Gasteiger partial charge in [-0.15, -0.1) is 0 Å². The van der Waals surface area contributed by atoms with Gasteiger partial charge in [0.25, 0.3) is 0 Å². The summed E-state index contributed by atoms with van der Waals surface area (Å²) in [6.45, 7) is 1.53. The van der Waals surface area contributed by atoms with Crippen LogP contribution in [0.15, 0.2) is 24.3 Å². The van der Waals surface area contributed by atoms with Gasteiger partial charge in [0.1, 0.15) is 6.61 Å². The van der Waals surface area contributed by atoms with Gasteiger partial charge in [0, 0.05) is 12.8 Å². The maximum absolute atomic E-state index is 12.2. The van der Waals surface area contributed by atoms with Crippen LogP contribution < -0.4 is 0 Å². The van der Waals surface area contributed by atoms with Gasteiger partial charge in [-0.1, -0.05) is 128 Å². The lowest BCUT2D eigenvalue weighted by molar-refractivity contribution is -0.161. The van der Waals surface area contributed by atoms with Crippen molar-refractivity contribution in [2.45, 2.75) is 211 Å². The van der Waals surface area contributed by atoms with E-state index in [0.29, 0.717) is 19.3 Å². The van der Waals surface area contributed by atoms with Crippen molar-refractivity contribution in [2.24, 2.45) is 0 Å². The molecule has 0 fully saturated rings. The van der Waals surface area contributed by atoms with Crippen LogP contribution in [0.25, 0.3) is 0 Å². The number of hydrogen-bond donors (Lipinski definition) is 5. The van der Waals surface area contributed by atoms with E-state index in [1.165, 1.54) is 19.3 Å². The first kappa shape index (κ1) is 49.2. The molecule has 0 heterocycles. The number of aliphatic hydroxyl groups is 5. The second-order valence-corrected chi connectivity index (χ2v) is 14.3. The Bertz CT molecular complexity index is 831. The number of carbonyl (C=O) groups excluding carboxylic acids is 2. The Morgan fingerprint density at radius 3 is 1.43 bits per heavy atom. The minimum atomic E-state index is -0.828. The third-order valence-electron chi connectivity index (χ3n) is 9.26. The van der Waals surface area contributed by atoms with Crippen molar-refractivity contribution in [3.05, 3.63) is 24.3 Å². The van der Waals surface area contributed by atoms with Crippen LogP contribution in [0.4, 0.5) is 0 Å². The number of aliphatic hydroxyl groups excluding tert-OH is 5. The first-order valence-corrected chi connectivity index (χ1v) is 20.7. The lowest BCUT2D eigenvalue weighted by Gasteiger charge is -2.15. The Balaban J connectivity index is 3.66. The molecule has 9 nitrogen and oxygen atoms in total. The third kappa shape index (κ3) is 36.4. The molecule has 300 valence electrons. The minimum absolute atomic E-state index is 0.120. The monoisotopic (exact) mass is 727 g/mol. The second kappa shape index (κ2) is 38.0. The Morgan fingerprint density at radius 1 is 0.510 bits per heavy atom. The van der Waals surface area contributed by atoms with E-state index in [1.807, 2.05) is 0 Å². The second-order valence-electron chi connectivity index (χ2n) is 14.3. The van der Waals surface area contributed by atoms with E-state index in [1.54, 1.807) is 0 Å². The Labute approximate surface area is 311 Å². The molecule has 5 N–H and O–H groups in total. The highest BCUT2D eigenvalue weighted by Gasteiger charge is 2.16. The Hall–Kier alpha value is -1.78. The van der Waals surface area contributed by atoms with Crippen LogP contribution >= 0.6 is 0 Å². The van der Waals surface area contributed by atoms with E-state index < -0.39 is 12.2 Å². The molecule has 0 saturated carbocycles. The Morgan fingerprint density at radius 2 is 0.941 bits per heavy atom. The quantitative estimate of drug-likeness (QED) is 0.0239. The highest BCUT2D eigenvalue weighted by molar-refractivity contribution is 5.70. The van der Waals surface area contributed by atoms with Gasteiger partial charge in [0.05, 0.1) is 31.5 Å². The molecular formula is C42H78O9. The van der Waals surface area contributed by atoms with Gasteiger partial charge in [-0.25, -0.2) is 0 Å². The number of esters is 2. The molecular weight excluding hydrogens is 648 g/mol. The molecule has 0 radical (unpaired) electrons. The smallest absolute Gasteiger partial charge is 0.306 e. The Kier molecular flexibility index (Phi) is 36.6. The molecule has 4 atom stereocenters. The molecule has 0 amide bonds. The lowest BCUT2D eigenvalue weighted by atomic mass is 10.0. The van der Waals surface area contributed by atoms with Gasteiger partial charge in [-0.2, -0.15) is 0 Å². The molecule has 0 aliphatic rings. The molecule has 0 aliphatic heterocycles. The van der Waals surface area contributed by atoms with Gasteiger partial charge >= 0.3 is 11.9 Å². The van der Waals surface area contributed by atoms with Crippen molar-refractivity contribution in [1.82, 2.24) is 0 Å². The van der Waals surface area contributed by atoms with E-state index >= 15 is 0 Å². The zero-order valence-electron chi connectivity index (χ0n) is 32.4. The average molecular weight is 727 g/mol. The van der Waals surface area contributed by atoms with E-state index in [9.17, 15) is 30.0 Å². The van der Waals surface area contributed by atoms with E-state index in [2.05, 4.69) is 31.2 Å². The fourth-order valence-corrected chi connectivity index (χ4v) is 5.92. The van der Waals surface area contributed by atoms with Gasteiger partial charge < -0.3 is 35.0 Å². The summed E-state index contributed by atoms with van der Waals surface area (Å²) < 4.78 is 10.5. The zero-order valence-corrected chi connectivity index (χ0v) is 32.4. The number of carbonyl (C=O) groups is 2. The summed E-state index contributed by atoms with van der Waals surface area (Å²) in [6, 6.07) is 0. The predicted molar refractivity (Wildman–Crippen MR) is 206 cm³/mol. The fraction of sp³-hybridized carbons (Fsp3) is 0.857. The summed E-state index contributed by atoms with van der Waals surface area (Å²) in [6.07, 6.45) is 32.7. The summed E-state index contributed by atoms with van der Waals surface area (Å²) in [5.74, 6) is -0.708. The van der Waals surface area contributed by atoms with Crippen LogP contribution in [0.3, 0.4) is 0 Å². The van der Waals surface area contributed by atoms with Crippen LogP contribution in [-0.4, -0.2) is 81.7 Å². The average Bonchev–Trinajstić information content (AvgIpc) is 3.12. The topological polar surface area (TPSA) is 154 Å². The largest absolute Gasteiger partial charge is 0.462 e. The maximum Gasteiger partial charge on any atom is 0.306 e. The standard InChI is InChI=1S/C42H78O9/c1-2-3-4-20-27-37(45)28-21-14-9-5-7-11-18-25-32-41(48)50-36-40(35-44)51-42(49)33-26-19-12-8-6-10-15-22-29-38(46)30-23-16-13-17-24-31-39(47)34-43/h14-15,21-22,37-40,43-47H,2-13,16-20,23-36H2,1H3/b21-14-,22-15-/t37-,38+,39?,40?/m1/s1. The first-order valence-electron chi connectivity index (χ1n) is 20.7. The summed E-state index contributed by atoms with van der Waals surface area (Å²) in [5, 5.41) is 47.8. The van der Waals surface area contributed by atoms with Gasteiger partial charge in [-0.3, -0.25) is 9.59 Å². The molecule has 0 rings (SSSR count). The van der Waals surface area contributed by atoms with Crippen LogP contribution in [0, 0.1) is 0 Å². The van der Waals surface area contributed by atoms with Crippen molar-refractivity contribution in [3.8, 4) is 0 Å². The minimum Gasteiger partial charge on any atom is -0.462 e. The van der Waals surface area contributed by atoms with Crippen molar-refractivity contribution < 1.29 is 44.6 Å². The number of hydrogen-bond acceptors (Lipinski definition) is 9. The van der Waals surface area contributed by atoms with Gasteiger partial charge in [0.15, 0.2) is 6.10 Å². The van der Waals surface area contributed by atoms with Gasteiger partial charge in [0.2, 0.25) is 0 Å². The molecule has 0 saturated heterocycles. The van der Waals surface area contributed by atoms with Gasteiger partial charge in [-0.05, 0) is 70.6 Å². The number of allylic oxidation sites excluding steroid dienone is 2. The van der Waals surface area contributed by atoms with Crippen molar-refractivity contribution >= 4 is 11.9 Å². The predicted octanol–water partition coefficient (Wildman–Crippen LogP) is 8.56. The van der Waals surface area contributed by atoms with E-state index in [4.69, 9.17) is 14.6 Å². The molecule has 2 unspecified atom stereocenters. The summed E-state index contributed by atoms with van der Waals surface area (Å²) >= 11 is 0. The molecule has 0 aromatic rings. The molecule has 0 spiro atoms. The SMILES string of the molecule is CCCCCC[C@@H](O)C/C=C\CCCCCCCC(=O)OCC(CO)OC(=O)CCCCCCC/C=C\C[C@H](O)CCCCCCCC(O)CO. The number of ether oxygens (including phenoxy) is 2. The number of unbranched alkanes of at least 4 members (excludes halogenated alkanes) is 17. The molecule has 0 aromatic carbocycles. The van der Waals surface area contributed by atoms with Crippen molar-refractivity contribution in [2.75, 3.05) is 19.8 Å².